The molecular weight excluding hydrogens is 641 g/mol. The number of rotatable bonds is 9. The molecular formula is C32H30ClF3N6O3S. The van der Waals surface area contributed by atoms with Gasteiger partial charge in [0, 0.05) is 54.3 Å². The fourth-order valence-electron chi connectivity index (χ4n) is 5.24. The van der Waals surface area contributed by atoms with Crippen molar-refractivity contribution in [3.8, 4) is 22.9 Å². The summed E-state index contributed by atoms with van der Waals surface area (Å²) in [4.78, 5) is 13.3. The smallest absolute Gasteiger partial charge is 0.237 e. The van der Waals surface area contributed by atoms with E-state index in [-0.39, 0.29) is 41.0 Å². The molecule has 14 heteroatoms. The molecule has 0 spiro atoms. The fraction of sp³-hybridized carbons (Fsp3) is 0.219. The average molecular weight is 671 g/mol. The van der Waals surface area contributed by atoms with Crippen molar-refractivity contribution in [1.82, 2.24) is 20.3 Å². The van der Waals surface area contributed by atoms with Gasteiger partial charge < -0.3 is 15.4 Å². The van der Waals surface area contributed by atoms with Crippen LogP contribution in [0.5, 0.6) is 11.6 Å². The summed E-state index contributed by atoms with van der Waals surface area (Å²) in [7, 11) is -4.19. The third-order valence-electron chi connectivity index (χ3n) is 7.39. The molecule has 1 aliphatic rings. The Labute approximate surface area is 270 Å². The maximum absolute atomic E-state index is 15.1. The highest BCUT2D eigenvalue weighted by Gasteiger charge is 2.23. The van der Waals surface area contributed by atoms with Crippen LogP contribution in [0, 0.1) is 18.6 Å². The van der Waals surface area contributed by atoms with E-state index in [1.165, 1.54) is 24.3 Å². The van der Waals surface area contributed by atoms with Crippen LogP contribution < -0.4 is 20.1 Å². The van der Waals surface area contributed by atoms with Crippen molar-refractivity contribution in [3.63, 3.8) is 0 Å². The van der Waals surface area contributed by atoms with Crippen LogP contribution in [0.15, 0.2) is 79.1 Å². The molecule has 1 saturated heterocycles. The first kappa shape index (κ1) is 32.9. The molecule has 240 valence electrons. The van der Waals surface area contributed by atoms with Crippen LogP contribution in [0.1, 0.15) is 17.5 Å². The van der Waals surface area contributed by atoms with Gasteiger partial charge in [0.05, 0.1) is 22.7 Å². The van der Waals surface area contributed by atoms with Gasteiger partial charge in [-0.05, 0) is 48.9 Å². The predicted molar refractivity (Wildman–Crippen MR) is 174 cm³/mol. The molecule has 0 aliphatic carbocycles. The van der Waals surface area contributed by atoms with Gasteiger partial charge in [0.15, 0.2) is 0 Å². The molecule has 9 nitrogen and oxygen atoms in total. The van der Waals surface area contributed by atoms with E-state index in [0.29, 0.717) is 53.4 Å². The number of nitrogens with one attached hydrogen (secondary N) is 3. The molecule has 1 aliphatic heterocycles. The topological polar surface area (TPSA) is 118 Å². The number of pyridine rings is 1. The number of aryl methyl sites for hydroxylation is 1. The van der Waals surface area contributed by atoms with E-state index in [2.05, 4.69) is 30.3 Å². The summed E-state index contributed by atoms with van der Waals surface area (Å²) in [5.41, 5.74) is 1.40. The van der Waals surface area contributed by atoms with Gasteiger partial charge >= 0.3 is 0 Å². The Morgan fingerprint density at radius 2 is 1.74 bits per heavy atom. The standard InChI is InChI=1S/C32H29F3N6O3S.ClH/c1-19-8-9-23-24(10-11-27(35)29(23)41-45(42,43)18-20-5-2-3-7-26(20)34)30(19)44-31-25(6-4-13-37-31)28-12-14-38-32(40-28)39-22-15-21(33)16-36-17-22;/h2-14,21-22,36,41H,15-18H2,1H3,(H,38,39,40);1H/t21-,22-;/m0./s1. The van der Waals surface area contributed by atoms with Gasteiger partial charge in [0.1, 0.15) is 23.6 Å². The van der Waals surface area contributed by atoms with Gasteiger partial charge in [0.25, 0.3) is 0 Å². The molecule has 0 bridgehead atoms. The highest BCUT2D eigenvalue weighted by molar-refractivity contribution is 7.91. The number of alkyl halides is 1. The van der Waals surface area contributed by atoms with E-state index >= 15 is 4.39 Å². The lowest BCUT2D eigenvalue weighted by Crippen LogP contribution is -2.44. The second-order valence-electron chi connectivity index (χ2n) is 10.7. The molecule has 0 radical (unpaired) electrons. The zero-order valence-electron chi connectivity index (χ0n) is 24.5. The molecule has 0 saturated carbocycles. The van der Waals surface area contributed by atoms with E-state index in [1.54, 1.807) is 49.6 Å². The van der Waals surface area contributed by atoms with Crippen molar-refractivity contribution in [2.75, 3.05) is 23.1 Å². The Morgan fingerprint density at radius 3 is 2.54 bits per heavy atom. The van der Waals surface area contributed by atoms with Crippen LogP contribution in [0.25, 0.3) is 22.0 Å². The molecule has 0 amide bonds. The highest BCUT2D eigenvalue weighted by atomic mass is 35.5. The molecule has 1 fully saturated rings. The number of halogens is 4. The number of aromatic nitrogens is 3. The minimum Gasteiger partial charge on any atom is -0.437 e. The highest BCUT2D eigenvalue weighted by Crippen LogP contribution is 2.40. The molecule has 2 atom stereocenters. The van der Waals surface area contributed by atoms with Crippen molar-refractivity contribution in [3.05, 3.63) is 102 Å². The fourth-order valence-corrected chi connectivity index (χ4v) is 6.47. The molecule has 3 aromatic carbocycles. The second kappa shape index (κ2) is 13.9. The molecule has 5 aromatic rings. The molecule has 3 heterocycles. The summed E-state index contributed by atoms with van der Waals surface area (Å²) >= 11 is 0. The monoisotopic (exact) mass is 670 g/mol. The van der Waals surface area contributed by atoms with E-state index in [9.17, 15) is 17.2 Å². The molecule has 6 rings (SSSR count). The Balaban J connectivity index is 0.00000417. The third-order valence-corrected chi connectivity index (χ3v) is 8.60. The van der Waals surface area contributed by atoms with Crippen molar-refractivity contribution < 1.29 is 26.3 Å². The van der Waals surface area contributed by atoms with Crippen molar-refractivity contribution in [2.24, 2.45) is 0 Å². The number of sulfonamides is 1. The van der Waals surface area contributed by atoms with E-state index in [0.717, 1.165) is 12.1 Å². The normalized spacial score (nSPS) is 16.4. The van der Waals surface area contributed by atoms with E-state index in [1.807, 2.05) is 0 Å². The zero-order chi connectivity index (χ0) is 31.6. The predicted octanol–water partition coefficient (Wildman–Crippen LogP) is 6.55. The van der Waals surface area contributed by atoms with Crippen molar-refractivity contribution in [1.29, 1.82) is 0 Å². The first-order valence-electron chi connectivity index (χ1n) is 14.2. The Bertz CT molecular complexity index is 1990. The number of hydrogen-bond donors (Lipinski definition) is 3. The largest absolute Gasteiger partial charge is 0.437 e. The van der Waals surface area contributed by atoms with Gasteiger partial charge in [0.2, 0.25) is 21.9 Å². The van der Waals surface area contributed by atoms with Crippen LogP contribution in [0.2, 0.25) is 0 Å². The number of piperidine rings is 1. The number of benzene rings is 3. The number of hydrogen-bond acceptors (Lipinski definition) is 8. The number of ether oxygens (including phenoxy) is 1. The molecule has 0 unspecified atom stereocenters. The Hall–Kier alpha value is -4.46. The summed E-state index contributed by atoms with van der Waals surface area (Å²) in [5, 5.41) is 6.88. The van der Waals surface area contributed by atoms with Gasteiger partial charge in [-0.25, -0.2) is 36.5 Å². The van der Waals surface area contributed by atoms with Crippen LogP contribution >= 0.6 is 12.4 Å². The summed E-state index contributed by atoms with van der Waals surface area (Å²) in [6.07, 6.45) is 2.51. The van der Waals surface area contributed by atoms with Crippen molar-refractivity contribution >= 4 is 44.8 Å². The summed E-state index contributed by atoms with van der Waals surface area (Å²) in [6, 6.07) is 16.4. The van der Waals surface area contributed by atoms with Gasteiger partial charge in [-0.15, -0.1) is 12.4 Å². The summed E-state index contributed by atoms with van der Waals surface area (Å²) in [6.45, 7) is 2.69. The maximum atomic E-state index is 15.1. The lowest BCUT2D eigenvalue weighted by atomic mass is 10.0. The number of anilines is 2. The summed E-state index contributed by atoms with van der Waals surface area (Å²) < 4.78 is 77.9. The Kier molecular flexibility index (Phi) is 9.94. The van der Waals surface area contributed by atoms with Crippen molar-refractivity contribution in [2.45, 2.75) is 31.3 Å². The number of fused-ring (bicyclic) bond motifs is 1. The lowest BCUT2D eigenvalue weighted by molar-refractivity contribution is 0.254. The minimum absolute atomic E-state index is 0. The third kappa shape index (κ3) is 7.33. The maximum Gasteiger partial charge on any atom is 0.237 e. The van der Waals surface area contributed by atoms with E-state index < -0.39 is 33.6 Å². The minimum atomic E-state index is -4.19. The summed E-state index contributed by atoms with van der Waals surface area (Å²) in [5.74, 6) is -1.30. The zero-order valence-corrected chi connectivity index (χ0v) is 26.1. The van der Waals surface area contributed by atoms with Gasteiger partial charge in [-0.2, -0.15) is 0 Å². The van der Waals surface area contributed by atoms with Gasteiger partial charge in [-0.3, -0.25) is 4.72 Å². The first-order valence-corrected chi connectivity index (χ1v) is 15.9. The first-order chi connectivity index (χ1) is 21.7. The van der Waals surface area contributed by atoms with Crippen LogP contribution in [-0.4, -0.2) is 48.7 Å². The molecule has 46 heavy (non-hydrogen) atoms. The quantitative estimate of drug-likeness (QED) is 0.162. The van der Waals surface area contributed by atoms with Crippen LogP contribution in [0.3, 0.4) is 0 Å². The van der Waals surface area contributed by atoms with E-state index in [4.69, 9.17) is 4.74 Å². The number of nitrogens with zero attached hydrogens (tertiary/aromatic N) is 3. The van der Waals surface area contributed by atoms with Crippen LogP contribution in [0.4, 0.5) is 24.8 Å². The average Bonchev–Trinajstić information content (AvgIpc) is 3.01. The lowest BCUT2D eigenvalue weighted by Gasteiger charge is -2.26. The van der Waals surface area contributed by atoms with Gasteiger partial charge in [-0.1, -0.05) is 30.3 Å². The van der Waals surface area contributed by atoms with Crippen LogP contribution in [-0.2, 0) is 15.8 Å². The Morgan fingerprint density at radius 1 is 0.935 bits per heavy atom. The molecule has 3 N–H and O–H groups in total. The SMILES string of the molecule is Cc1ccc2c(NS(=O)(=O)Cc3ccccc3F)c(F)ccc2c1Oc1ncccc1-c1ccnc(N[C@@H]2CNC[C@@H](F)C2)n1.Cl. The second-order valence-corrected chi connectivity index (χ2v) is 12.5. The molecule has 2 aromatic heterocycles.